The summed E-state index contributed by atoms with van der Waals surface area (Å²) in [7, 11) is 0. The van der Waals surface area contributed by atoms with Crippen molar-refractivity contribution in [3.63, 3.8) is 0 Å². The lowest BCUT2D eigenvalue weighted by Crippen LogP contribution is -2.38. The van der Waals surface area contributed by atoms with Gasteiger partial charge in [-0.25, -0.2) is 4.39 Å². The molecule has 1 aromatic rings. The molecule has 0 unspecified atom stereocenters. The zero-order chi connectivity index (χ0) is 11.8. The molecule has 0 aromatic heterocycles. The second kappa shape index (κ2) is 4.13. The monoisotopic (exact) mass is 233 g/mol. The molecule has 0 heterocycles. The third-order valence-electron chi connectivity index (χ3n) is 4.14. The van der Waals surface area contributed by atoms with Crippen LogP contribution in [0.2, 0.25) is 0 Å². The lowest BCUT2D eigenvalue weighted by molar-refractivity contribution is 0.0922. The van der Waals surface area contributed by atoms with Crippen molar-refractivity contribution in [3.8, 4) is 0 Å². The topological polar surface area (TPSA) is 29.1 Å². The molecular formula is C14H16FNO. The second-order valence-electron chi connectivity index (χ2n) is 5.27. The van der Waals surface area contributed by atoms with Crippen LogP contribution in [0.1, 0.15) is 36.0 Å². The number of benzene rings is 1. The number of rotatable bonds is 2. The van der Waals surface area contributed by atoms with Crippen LogP contribution < -0.4 is 5.32 Å². The molecule has 0 radical (unpaired) electrons. The van der Waals surface area contributed by atoms with Gasteiger partial charge in [0.2, 0.25) is 0 Å². The fraction of sp³-hybridized carbons (Fsp3) is 0.500. The minimum absolute atomic E-state index is 0.137. The van der Waals surface area contributed by atoms with Gasteiger partial charge in [0, 0.05) is 11.6 Å². The summed E-state index contributed by atoms with van der Waals surface area (Å²) < 4.78 is 13.0. The van der Waals surface area contributed by atoms with Crippen molar-refractivity contribution in [2.75, 3.05) is 0 Å². The van der Waals surface area contributed by atoms with Crippen LogP contribution in [-0.4, -0.2) is 11.9 Å². The Kier molecular flexibility index (Phi) is 2.61. The Labute approximate surface area is 100 Å². The fourth-order valence-corrected chi connectivity index (χ4v) is 3.30. The van der Waals surface area contributed by atoms with E-state index < -0.39 is 0 Å². The van der Waals surface area contributed by atoms with E-state index in [1.54, 1.807) is 12.1 Å². The van der Waals surface area contributed by atoms with Gasteiger partial charge in [-0.05, 0) is 49.3 Å². The van der Waals surface area contributed by atoms with E-state index in [-0.39, 0.29) is 11.7 Å². The average Bonchev–Trinajstić information content (AvgIpc) is 2.91. The van der Waals surface area contributed by atoms with Crippen LogP contribution >= 0.6 is 0 Å². The maximum absolute atomic E-state index is 13.0. The Morgan fingerprint density at radius 3 is 2.82 bits per heavy atom. The van der Waals surface area contributed by atoms with Crippen molar-refractivity contribution < 1.29 is 9.18 Å². The summed E-state index contributed by atoms with van der Waals surface area (Å²) in [5, 5.41) is 3.05. The van der Waals surface area contributed by atoms with Crippen molar-refractivity contribution in [2.45, 2.75) is 31.7 Å². The number of carbonyl (C=O) groups excluding carboxylic acids is 1. The summed E-state index contributed by atoms with van der Waals surface area (Å²) in [6, 6.07) is 6.19. The quantitative estimate of drug-likeness (QED) is 0.836. The van der Waals surface area contributed by atoms with Crippen LogP contribution in [0.3, 0.4) is 0 Å². The molecule has 0 spiro atoms. The van der Waals surface area contributed by atoms with E-state index in [4.69, 9.17) is 0 Å². The summed E-state index contributed by atoms with van der Waals surface area (Å²) in [6.07, 6.45) is 4.91. The minimum atomic E-state index is -0.356. The molecular weight excluding hydrogens is 217 g/mol. The van der Waals surface area contributed by atoms with E-state index in [9.17, 15) is 9.18 Å². The second-order valence-corrected chi connectivity index (χ2v) is 5.27. The number of hydrogen-bond donors (Lipinski definition) is 1. The highest BCUT2D eigenvalue weighted by Crippen LogP contribution is 2.44. The molecule has 3 heteroatoms. The molecule has 1 N–H and O–H groups in total. The van der Waals surface area contributed by atoms with Crippen LogP contribution in [0, 0.1) is 17.7 Å². The summed E-state index contributed by atoms with van der Waals surface area (Å²) in [5.74, 6) is 0.961. The highest BCUT2D eigenvalue weighted by Gasteiger charge is 2.40. The van der Waals surface area contributed by atoms with Gasteiger partial charge in [0.1, 0.15) is 5.82 Å². The largest absolute Gasteiger partial charge is 0.349 e. The predicted octanol–water partition coefficient (Wildman–Crippen LogP) is 2.74. The predicted molar refractivity (Wildman–Crippen MR) is 63.1 cm³/mol. The molecule has 3 atom stereocenters. The van der Waals surface area contributed by atoms with Gasteiger partial charge < -0.3 is 5.32 Å². The van der Waals surface area contributed by atoms with E-state index in [1.807, 2.05) is 0 Å². The van der Waals surface area contributed by atoms with E-state index >= 15 is 0 Å². The van der Waals surface area contributed by atoms with Crippen LogP contribution in [0.4, 0.5) is 4.39 Å². The average molecular weight is 233 g/mol. The van der Waals surface area contributed by atoms with Crippen molar-refractivity contribution in [1.82, 2.24) is 5.32 Å². The fourth-order valence-electron chi connectivity index (χ4n) is 3.30. The number of halogens is 1. The van der Waals surface area contributed by atoms with Gasteiger partial charge >= 0.3 is 0 Å². The molecule has 3 rings (SSSR count). The molecule has 0 aliphatic heterocycles. The molecule has 1 aromatic carbocycles. The molecule has 2 aliphatic carbocycles. The first-order valence-corrected chi connectivity index (χ1v) is 6.29. The molecule has 17 heavy (non-hydrogen) atoms. The van der Waals surface area contributed by atoms with Gasteiger partial charge in [-0.2, -0.15) is 0 Å². The third kappa shape index (κ3) is 2.06. The van der Waals surface area contributed by atoms with Crippen LogP contribution in [0.5, 0.6) is 0 Å². The minimum Gasteiger partial charge on any atom is -0.349 e. The molecule has 1 amide bonds. The van der Waals surface area contributed by atoms with Gasteiger partial charge in [-0.15, -0.1) is 0 Å². The Morgan fingerprint density at radius 2 is 2.18 bits per heavy atom. The maximum Gasteiger partial charge on any atom is 0.251 e. The standard InChI is InChI=1S/C14H16FNO/c15-12-3-1-2-11(8-12)14(17)16-13-7-9-4-5-10(13)6-9/h1-3,8-10,13H,4-7H2,(H,16,17)/t9-,10+,13+/m0/s1. The molecule has 2 fully saturated rings. The van der Waals surface area contributed by atoms with Gasteiger partial charge in [0.05, 0.1) is 0 Å². The number of amides is 1. The van der Waals surface area contributed by atoms with Gasteiger partial charge in [-0.1, -0.05) is 12.5 Å². The molecule has 2 saturated carbocycles. The number of fused-ring (bicyclic) bond motifs is 2. The SMILES string of the molecule is O=C(N[C@@H]1C[C@H]2CC[C@@H]1C2)c1cccc(F)c1. The van der Waals surface area contributed by atoms with Crippen LogP contribution in [-0.2, 0) is 0 Å². The first kappa shape index (κ1) is 10.8. The Hall–Kier alpha value is -1.38. The van der Waals surface area contributed by atoms with E-state index in [0.717, 1.165) is 12.3 Å². The van der Waals surface area contributed by atoms with Crippen molar-refractivity contribution in [3.05, 3.63) is 35.6 Å². The molecule has 0 saturated heterocycles. The third-order valence-corrected chi connectivity index (χ3v) is 4.14. The highest BCUT2D eigenvalue weighted by molar-refractivity contribution is 5.94. The summed E-state index contributed by atoms with van der Waals surface area (Å²) in [6.45, 7) is 0. The number of carbonyl (C=O) groups is 1. The first-order chi connectivity index (χ1) is 8.22. The number of hydrogen-bond acceptors (Lipinski definition) is 1. The summed E-state index contributed by atoms with van der Waals surface area (Å²) in [5.41, 5.74) is 0.424. The van der Waals surface area contributed by atoms with Crippen LogP contribution in [0.15, 0.2) is 24.3 Å². The lowest BCUT2D eigenvalue weighted by Gasteiger charge is -2.22. The molecule has 2 nitrogen and oxygen atoms in total. The number of nitrogens with one attached hydrogen (secondary N) is 1. The van der Waals surface area contributed by atoms with Gasteiger partial charge in [-0.3, -0.25) is 4.79 Å². The Bertz CT molecular complexity index is 446. The Morgan fingerprint density at radius 1 is 1.29 bits per heavy atom. The van der Waals surface area contributed by atoms with E-state index in [2.05, 4.69) is 5.32 Å². The zero-order valence-electron chi connectivity index (χ0n) is 9.66. The van der Waals surface area contributed by atoms with Gasteiger partial charge in [0.25, 0.3) is 5.91 Å². The smallest absolute Gasteiger partial charge is 0.251 e. The van der Waals surface area contributed by atoms with E-state index in [0.29, 0.717) is 17.5 Å². The van der Waals surface area contributed by atoms with Crippen molar-refractivity contribution >= 4 is 5.91 Å². The molecule has 90 valence electrons. The van der Waals surface area contributed by atoms with Gasteiger partial charge in [0.15, 0.2) is 0 Å². The zero-order valence-corrected chi connectivity index (χ0v) is 9.66. The normalized spacial score (nSPS) is 30.5. The van der Waals surface area contributed by atoms with Crippen molar-refractivity contribution in [1.29, 1.82) is 0 Å². The highest BCUT2D eigenvalue weighted by atomic mass is 19.1. The molecule has 2 bridgehead atoms. The summed E-state index contributed by atoms with van der Waals surface area (Å²) in [4.78, 5) is 12.0. The van der Waals surface area contributed by atoms with Crippen LogP contribution in [0.25, 0.3) is 0 Å². The van der Waals surface area contributed by atoms with E-state index in [1.165, 1.54) is 31.4 Å². The summed E-state index contributed by atoms with van der Waals surface area (Å²) >= 11 is 0. The lowest BCUT2D eigenvalue weighted by atomic mass is 9.95. The maximum atomic E-state index is 13.0. The van der Waals surface area contributed by atoms with Crippen molar-refractivity contribution in [2.24, 2.45) is 11.8 Å². The first-order valence-electron chi connectivity index (χ1n) is 6.29. The Balaban J connectivity index is 1.68. The molecule has 2 aliphatic rings.